The van der Waals surface area contributed by atoms with Crippen LogP contribution in [-0.2, 0) is 6.42 Å². The summed E-state index contributed by atoms with van der Waals surface area (Å²) in [6.45, 7) is 4.69. The van der Waals surface area contributed by atoms with Crippen LogP contribution in [0.4, 0.5) is 0 Å². The Morgan fingerprint density at radius 1 is 1.11 bits per heavy atom. The smallest absolute Gasteiger partial charge is 0.335 e. The Morgan fingerprint density at radius 2 is 1.81 bits per heavy atom. The molecular weight excluding hydrogens is 358 g/mol. The number of hydrogen-bond acceptors (Lipinski definition) is 4. The Morgan fingerprint density at radius 3 is 2.44 bits per heavy atom. The van der Waals surface area contributed by atoms with Gasteiger partial charge in [0, 0.05) is 11.3 Å². The van der Waals surface area contributed by atoms with Crippen LogP contribution in [-0.4, -0.2) is 22.7 Å². The van der Waals surface area contributed by atoms with Crippen molar-refractivity contribution in [1.82, 2.24) is 4.98 Å². The maximum absolute atomic E-state index is 10.9. The van der Waals surface area contributed by atoms with Crippen molar-refractivity contribution in [2.24, 2.45) is 0 Å². The summed E-state index contributed by atoms with van der Waals surface area (Å²) >= 11 is 1.67. The Kier molecular flexibility index (Phi) is 6.04. The third kappa shape index (κ3) is 5.05. The lowest BCUT2D eigenvalue weighted by atomic mass is 10.1. The van der Waals surface area contributed by atoms with E-state index < -0.39 is 5.97 Å². The molecule has 0 unspecified atom stereocenters. The summed E-state index contributed by atoms with van der Waals surface area (Å²) in [6.07, 6.45) is 4.84. The van der Waals surface area contributed by atoms with Gasteiger partial charge < -0.3 is 9.84 Å². The van der Waals surface area contributed by atoms with Crippen molar-refractivity contribution in [3.63, 3.8) is 0 Å². The van der Waals surface area contributed by atoms with Gasteiger partial charge >= 0.3 is 5.97 Å². The third-order valence-corrected chi connectivity index (χ3v) is 5.25. The highest BCUT2D eigenvalue weighted by Crippen LogP contribution is 2.21. The van der Waals surface area contributed by atoms with Gasteiger partial charge in [-0.2, -0.15) is 0 Å². The molecule has 0 atom stereocenters. The fraction of sp³-hybridized carbons (Fsp3) is 0.182. The number of thiazole rings is 1. The number of hydrogen-bond donors (Lipinski definition) is 1. The maximum Gasteiger partial charge on any atom is 0.335 e. The standard InChI is InChI=1S/C22H21NO3S/c1-15-13-18(4-3-17-5-8-19(9-6-17)22(24)25)7-10-20(15)26-12-11-21-16(2)23-14-27-21/h3-10,13-14H,11-12H2,1-2H3,(H,24,25)/b4-3+. The number of aromatic carboxylic acids is 1. The Hall–Kier alpha value is -2.92. The van der Waals surface area contributed by atoms with Gasteiger partial charge in [0.2, 0.25) is 0 Å². The Balaban J connectivity index is 1.60. The summed E-state index contributed by atoms with van der Waals surface area (Å²) in [6, 6.07) is 12.9. The molecule has 0 saturated carbocycles. The molecule has 2 aromatic carbocycles. The van der Waals surface area contributed by atoms with Crippen LogP contribution in [0.15, 0.2) is 48.0 Å². The highest BCUT2D eigenvalue weighted by atomic mass is 32.1. The minimum absolute atomic E-state index is 0.290. The lowest BCUT2D eigenvalue weighted by molar-refractivity contribution is 0.0697. The van der Waals surface area contributed by atoms with E-state index in [9.17, 15) is 4.79 Å². The average molecular weight is 379 g/mol. The third-order valence-electron chi connectivity index (χ3n) is 4.26. The fourth-order valence-electron chi connectivity index (χ4n) is 2.69. The van der Waals surface area contributed by atoms with Crippen LogP contribution in [0.3, 0.4) is 0 Å². The van der Waals surface area contributed by atoms with E-state index in [0.29, 0.717) is 6.61 Å². The summed E-state index contributed by atoms with van der Waals surface area (Å²) in [7, 11) is 0. The van der Waals surface area contributed by atoms with E-state index in [2.05, 4.69) is 11.1 Å². The van der Waals surface area contributed by atoms with Crippen molar-refractivity contribution in [3.8, 4) is 5.75 Å². The van der Waals surface area contributed by atoms with Gasteiger partial charge in [0.25, 0.3) is 0 Å². The summed E-state index contributed by atoms with van der Waals surface area (Å²) in [5, 5.41) is 8.94. The summed E-state index contributed by atoms with van der Waals surface area (Å²) in [5.74, 6) is -0.0256. The van der Waals surface area contributed by atoms with Crippen molar-refractivity contribution in [3.05, 3.63) is 80.8 Å². The molecule has 0 aliphatic heterocycles. The van der Waals surface area contributed by atoms with Gasteiger partial charge in [0.05, 0.1) is 23.4 Å². The fourth-order valence-corrected chi connectivity index (χ4v) is 3.45. The first-order chi connectivity index (χ1) is 13.0. The highest BCUT2D eigenvalue weighted by molar-refractivity contribution is 7.09. The second-order valence-corrected chi connectivity index (χ2v) is 7.18. The van der Waals surface area contributed by atoms with E-state index in [1.54, 1.807) is 35.6 Å². The molecule has 0 amide bonds. The van der Waals surface area contributed by atoms with Gasteiger partial charge in [-0.15, -0.1) is 11.3 Å². The monoisotopic (exact) mass is 379 g/mol. The number of ether oxygens (including phenoxy) is 1. The number of carboxylic acid groups (broad SMARTS) is 1. The number of aromatic nitrogens is 1. The van der Waals surface area contributed by atoms with Crippen LogP contribution < -0.4 is 4.74 Å². The van der Waals surface area contributed by atoms with Crippen LogP contribution in [0, 0.1) is 13.8 Å². The van der Waals surface area contributed by atoms with Crippen molar-refractivity contribution < 1.29 is 14.6 Å². The van der Waals surface area contributed by atoms with E-state index in [-0.39, 0.29) is 5.56 Å². The molecule has 4 nitrogen and oxygen atoms in total. The number of rotatable bonds is 7. The number of carbonyl (C=O) groups is 1. The zero-order chi connectivity index (χ0) is 19.2. The van der Waals surface area contributed by atoms with Crippen molar-refractivity contribution in [2.45, 2.75) is 20.3 Å². The molecule has 0 fully saturated rings. The molecule has 27 heavy (non-hydrogen) atoms. The Bertz CT molecular complexity index is 958. The molecule has 0 saturated heterocycles. The quantitative estimate of drug-likeness (QED) is 0.570. The molecule has 138 valence electrons. The highest BCUT2D eigenvalue weighted by Gasteiger charge is 2.04. The van der Waals surface area contributed by atoms with Crippen LogP contribution in [0.1, 0.15) is 37.6 Å². The normalized spacial score (nSPS) is 11.0. The van der Waals surface area contributed by atoms with Crippen LogP contribution in [0.25, 0.3) is 12.2 Å². The van der Waals surface area contributed by atoms with E-state index in [0.717, 1.165) is 34.6 Å². The van der Waals surface area contributed by atoms with Crippen LogP contribution in [0.2, 0.25) is 0 Å². The topological polar surface area (TPSA) is 59.4 Å². The van der Waals surface area contributed by atoms with Crippen LogP contribution >= 0.6 is 11.3 Å². The second kappa shape index (κ2) is 8.64. The van der Waals surface area contributed by atoms with Crippen molar-refractivity contribution in [2.75, 3.05) is 6.61 Å². The van der Waals surface area contributed by atoms with E-state index in [1.165, 1.54) is 4.88 Å². The van der Waals surface area contributed by atoms with Crippen LogP contribution in [0.5, 0.6) is 5.75 Å². The van der Waals surface area contributed by atoms with Gasteiger partial charge in [-0.25, -0.2) is 9.78 Å². The number of benzene rings is 2. The minimum atomic E-state index is -0.915. The van der Waals surface area contributed by atoms with E-state index >= 15 is 0 Å². The Labute approximate surface area is 162 Å². The molecule has 1 aromatic heterocycles. The molecular formula is C22H21NO3S. The van der Waals surface area contributed by atoms with Gasteiger partial charge in [0.15, 0.2) is 0 Å². The first kappa shape index (κ1) is 18.9. The second-order valence-electron chi connectivity index (χ2n) is 6.24. The zero-order valence-electron chi connectivity index (χ0n) is 15.3. The number of nitrogens with zero attached hydrogens (tertiary/aromatic N) is 1. The zero-order valence-corrected chi connectivity index (χ0v) is 16.1. The lowest BCUT2D eigenvalue weighted by Gasteiger charge is -2.09. The van der Waals surface area contributed by atoms with Crippen molar-refractivity contribution >= 4 is 29.5 Å². The van der Waals surface area contributed by atoms with Gasteiger partial charge in [-0.3, -0.25) is 0 Å². The molecule has 0 radical (unpaired) electrons. The molecule has 0 aliphatic rings. The van der Waals surface area contributed by atoms with E-state index in [4.69, 9.17) is 9.84 Å². The SMILES string of the molecule is Cc1cc(/C=C/c2ccc(C(=O)O)cc2)ccc1OCCc1scnc1C. The number of aryl methyl sites for hydroxylation is 2. The maximum atomic E-state index is 10.9. The molecule has 5 heteroatoms. The number of carboxylic acids is 1. The first-order valence-corrected chi connectivity index (χ1v) is 9.55. The molecule has 1 heterocycles. The van der Waals surface area contributed by atoms with Gasteiger partial charge in [0.1, 0.15) is 5.75 Å². The molecule has 0 spiro atoms. The lowest BCUT2D eigenvalue weighted by Crippen LogP contribution is -2.02. The average Bonchev–Trinajstić information content (AvgIpc) is 3.07. The molecule has 0 bridgehead atoms. The molecule has 1 N–H and O–H groups in total. The summed E-state index contributed by atoms with van der Waals surface area (Å²) in [5.41, 5.74) is 6.35. The predicted octanol–water partition coefficient (Wildman–Crippen LogP) is 5.25. The van der Waals surface area contributed by atoms with Gasteiger partial charge in [-0.1, -0.05) is 30.4 Å². The molecule has 3 rings (SSSR count). The van der Waals surface area contributed by atoms with Gasteiger partial charge in [-0.05, 0) is 54.8 Å². The molecule has 3 aromatic rings. The summed E-state index contributed by atoms with van der Waals surface area (Å²) in [4.78, 5) is 16.4. The van der Waals surface area contributed by atoms with E-state index in [1.807, 2.05) is 43.6 Å². The first-order valence-electron chi connectivity index (χ1n) is 8.67. The minimum Gasteiger partial charge on any atom is -0.493 e. The molecule has 0 aliphatic carbocycles. The van der Waals surface area contributed by atoms with Crippen molar-refractivity contribution in [1.29, 1.82) is 0 Å². The summed E-state index contributed by atoms with van der Waals surface area (Å²) < 4.78 is 5.92. The largest absolute Gasteiger partial charge is 0.493 e. The predicted molar refractivity (Wildman–Crippen MR) is 110 cm³/mol.